The van der Waals surface area contributed by atoms with Gasteiger partial charge in [-0.3, -0.25) is 14.4 Å². The van der Waals surface area contributed by atoms with Crippen molar-refractivity contribution in [2.45, 2.75) is 61.5 Å². The number of aliphatic hydroxyl groups is 1. The van der Waals surface area contributed by atoms with E-state index in [1.807, 2.05) is 37.3 Å². The molecule has 38 heavy (non-hydrogen) atoms. The Morgan fingerprint density at radius 1 is 1.13 bits per heavy atom. The van der Waals surface area contributed by atoms with E-state index in [2.05, 4.69) is 6.08 Å². The lowest BCUT2D eigenvalue weighted by Gasteiger charge is -2.35. The molecule has 9 heteroatoms. The number of aryl methyl sites for hydroxylation is 1. The smallest absolute Gasteiger partial charge is 0.311 e. The Bertz CT molecular complexity index is 1140. The molecule has 0 aliphatic carbocycles. The summed E-state index contributed by atoms with van der Waals surface area (Å²) in [6.07, 6.45) is 12.8. The first kappa shape index (κ1) is 27.3. The number of carbonyl (C=O) groups excluding carboxylic acids is 3. The number of benzene rings is 1. The number of nitrogens with zero attached hydrogens (tertiary/aromatic N) is 2. The number of aliphatic hydroxyl groups excluding tert-OH is 1. The van der Waals surface area contributed by atoms with Crippen LogP contribution in [0.15, 0.2) is 42.5 Å². The van der Waals surface area contributed by atoms with Crippen molar-refractivity contribution in [2.24, 2.45) is 11.8 Å². The fourth-order valence-corrected chi connectivity index (χ4v) is 8.72. The second kappa shape index (κ2) is 11.4. The number of amides is 2. The molecule has 5 atom stereocenters. The van der Waals surface area contributed by atoms with Crippen molar-refractivity contribution in [2.75, 3.05) is 31.2 Å². The summed E-state index contributed by atoms with van der Waals surface area (Å²) in [7, 11) is 0. The Labute approximate surface area is 233 Å². The van der Waals surface area contributed by atoms with E-state index in [4.69, 9.17) is 16.3 Å². The average Bonchev–Trinajstić information content (AvgIpc) is 3.27. The predicted octanol–water partition coefficient (Wildman–Crippen LogP) is 4.29. The zero-order valence-corrected chi connectivity index (χ0v) is 23.3. The van der Waals surface area contributed by atoms with Gasteiger partial charge in [0.25, 0.3) is 5.91 Å². The topological polar surface area (TPSA) is 87.2 Å². The van der Waals surface area contributed by atoms with Gasteiger partial charge in [-0.2, -0.15) is 0 Å². The Morgan fingerprint density at radius 3 is 2.76 bits per heavy atom. The van der Waals surface area contributed by atoms with Crippen LogP contribution in [-0.4, -0.2) is 70.1 Å². The van der Waals surface area contributed by atoms with E-state index in [0.717, 1.165) is 31.2 Å². The fourth-order valence-electron chi connectivity index (χ4n) is 6.39. The minimum atomic E-state index is -0.887. The minimum absolute atomic E-state index is 0.0863. The molecule has 1 unspecified atom stereocenters. The van der Waals surface area contributed by atoms with Crippen LogP contribution in [0.4, 0.5) is 5.69 Å². The first-order valence-corrected chi connectivity index (χ1v) is 14.8. The third kappa shape index (κ3) is 4.69. The molecule has 4 aliphatic heterocycles. The van der Waals surface area contributed by atoms with Gasteiger partial charge >= 0.3 is 5.97 Å². The van der Waals surface area contributed by atoms with E-state index in [9.17, 15) is 19.5 Å². The molecule has 4 heterocycles. The molecule has 4 aliphatic rings. The first-order chi connectivity index (χ1) is 18.4. The van der Waals surface area contributed by atoms with Crippen molar-refractivity contribution in [1.82, 2.24) is 4.90 Å². The number of halogens is 1. The second-order valence-electron chi connectivity index (χ2n) is 10.5. The molecule has 2 fully saturated rings. The van der Waals surface area contributed by atoms with E-state index in [1.165, 1.54) is 0 Å². The number of cyclic esters (lactones) is 1. The van der Waals surface area contributed by atoms with Crippen molar-refractivity contribution in [3.05, 3.63) is 53.1 Å². The molecule has 1 spiro atoms. The Kier molecular flexibility index (Phi) is 8.22. The Hall–Kier alpha value is -2.29. The van der Waals surface area contributed by atoms with Crippen molar-refractivity contribution >= 4 is 46.8 Å². The number of thioether (sulfide) groups is 1. The highest BCUT2D eigenvalue weighted by atomic mass is 35.5. The van der Waals surface area contributed by atoms with Crippen LogP contribution in [0, 0.1) is 18.8 Å². The minimum Gasteiger partial charge on any atom is -0.465 e. The standard InChI is InChI=1S/C29H35ClN2O5S/c1-19-11-9-12-20(30)24(19)31-16-10-14-29-23(22-21(38-29)13-5-2-3-8-18-37-28(22)36)26(34)32(25(29)27(31)35)15-6-4-7-17-33/h5,9-14,21-23,25,33H,2-4,6-8,15-18H2,1H3/b13-5-/t21-,22+,23-,25?,29-/m0/s1. The number of hydrogen-bond donors (Lipinski definition) is 1. The summed E-state index contributed by atoms with van der Waals surface area (Å²) in [6.45, 7) is 3.07. The Morgan fingerprint density at radius 2 is 1.97 bits per heavy atom. The van der Waals surface area contributed by atoms with Crippen LogP contribution in [0.25, 0.3) is 0 Å². The van der Waals surface area contributed by atoms with Gasteiger partial charge in [0.1, 0.15) is 6.04 Å². The van der Waals surface area contributed by atoms with Gasteiger partial charge in [-0.05, 0) is 57.1 Å². The van der Waals surface area contributed by atoms with Crippen LogP contribution in [0.1, 0.15) is 44.1 Å². The van der Waals surface area contributed by atoms with E-state index < -0.39 is 22.6 Å². The van der Waals surface area contributed by atoms with Crippen LogP contribution in [0.2, 0.25) is 5.02 Å². The number of anilines is 1. The van der Waals surface area contributed by atoms with Gasteiger partial charge in [0.15, 0.2) is 0 Å². The van der Waals surface area contributed by atoms with E-state index in [0.29, 0.717) is 43.2 Å². The van der Waals surface area contributed by atoms with Gasteiger partial charge in [0.2, 0.25) is 5.91 Å². The number of allylic oxidation sites excluding steroid dienone is 1. The van der Waals surface area contributed by atoms with E-state index >= 15 is 0 Å². The van der Waals surface area contributed by atoms with Crippen molar-refractivity contribution in [3.63, 3.8) is 0 Å². The number of carbonyl (C=O) groups is 3. The Balaban J connectivity index is 1.59. The molecule has 2 amide bonds. The third-order valence-corrected chi connectivity index (χ3v) is 10.2. The number of esters is 1. The molecule has 1 aromatic carbocycles. The number of fused-ring (bicyclic) bond motifs is 2. The van der Waals surface area contributed by atoms with Crippen molar-refractivity contribution < 1.29 is 24.2 Å². The van der Waals surface area contributed by atoms with Gasteiger partial charge in [-0.1, -0.05) is 48.0 Å². The van der Waals surface area contributed by atoms with Gasteiger partial charge in [0.05, 0.1) is 33.9 Å². The highest BCUT2D eigenvalue weighted by Gasteiger charge is 2.70. The molecule has 1 N–H and O–H groups in total. The maximum Gasteiger partial charge on any atom is 0.311 e. The molecule has 5 rings (SSSR count). The quantitative estimate of drug-likeness (QED) is 0.318. The SMILES string of the molecule is Cc1cccc(Cl)c1N1CC=C[C@]23S[C@H]4/C=C\CCCCOC(=O)[C@H]4[C@H]2C(=O)N(CCCCCO)C3C1=O. The lowest BCUT2D eigenvalue weighted by molar-refractivity contribution is -0.153. The highest BCUT2D eigenvalue weighted by Crippen LogP contribution is 2.61. The summed E-state index contributed by atoms with van der Waals surface area (Å²) in [5.74, 6) is -2.05. The van der Waals surface area contributed by atoms with Crippen molar-refractivity contribution in [1.29, 1.82) is 0 Å². The van der Waals surface area contributed by atoms with E-state index in [1.54, 1.807) is 27.6 Å². The monoisotopic (exact) mass is 558 g/mol. The summed E-state index contributed by atoms with van der Waals surface area (Å²) in [5, 5.41) is 9.48. The lowest BCUT2D eigenvalue weighted by atomic mass is 9.78. The molecule has 0 radical (unpaired) electrons. The molecule has 204 valence electrons. The molecule has 1 aromatic rings. The summed E-state index contributed by atoms with van der Waals surface area (Å²) in [5.41, 5.74) is 1.53. The molecule has 0 aromatic heterocycles. The van der Waals surface area contributed by atoms with Crippen molar-refractivity contribution in [3.8, 4) is 0 Å². The molecular formula is C29H35ClN2O5S. The van der Waals surface area contributed by atoms with Gasteiger partial charge < -0.3 is 19.6 Å². The number of para-hydroxylation sites is 1. The van der Waals surface area contributed by atoms with Crippen LogP contribution < -0.4 is 4.90 Å². The lowest BCUT2D eigenvalue weighted by Crippen LogP contribution is -2.53. The van der Waals surface area contributed by atoms with Gasteiger partial charge in [-0.25, -0.2) is 0 Å². The van der Waals surface area contributed by atoms with Crippen LogP contribution in [0.5, 0.6) is 0 Å². The fraction of sp³-hybridized carbons (Fsp3) is 0.552. The average molecular weight is 559 g/mol. The summed E-state index contributed by atoms with van der Waals surface area (Å²) < 4.78 is 4.78. The normalized spacial score (nSPS) is 31.9. The number of likely N-dealkylation sites (tertiary alicyclic amines) is 1. The molecule has 2 saturated heterocycles. The summed E-state index contributed by atoms with van der Waals surface area (Å²) in [6, 6.07) is 4.78. The zero-order chi connectivity index (χ0) is 26.9. The second-order valence-corrected chi connectivity index (χ2v) is 12.4. The number of hydrogen-bond acceptors (Lipinski definition) is 6. The predicted molar refractivity (Wildman–Crippen MR) is 149 cm³/mol. The number of rotatable bonds is 6. The molecule has 7 nitrogen and oxygen atoms in total. The maximum atomic E-state index is 14.5. The number of unbranched alkanes of at least 4 members (excludes halogenated alkanes) is 2. The van der Waals surface area contributed by atoms with Gasteiger partial charge in [-0.15, -0.1) is 11.8 Å². The highest BCUT2D eigenvalue weighted by molar-refractivity contribution is 8.02. The van der Waals surface area contributed by atoms with E-state index in [-0.39, 0.29) is 29.6 Å². The maximum absolute atomic E-state index is 14.5. The number of ether oxygens (including phenoxy) is 1. The van der Waals surface area contributed by atoms with Crippen LogP contribution in [-0.2, 0) is 19.1 Å². The van der Waals surface area contributed by atoms with Crippen LogP contribution in [0.3, 0.4) is 0 Å². The van der Waals surface area contributed by atoms with Gasteiger partial charge in [0, 0.05) is 24.9 Å². The van der Waals surface area contributed by atoms with Crippen LogP contribution >= 0.6 is 23.4 Å². The summed E-state index contributed by atoms with van der Waals surface area (Å²) in [4.78, 5) is 45.5. The molecule has 0 saturated carbocycles. The summed E-state index contributed by atoms with van der Waals surface area (Å²) >= 11 is 8.16. The largest absolute Gasteiger partial charge is 0.465 e. The first-order valence-electron chi connectivity index (χ1n) is 13.6. The third-order valence-electron chi connectivity index (χ3n) is 8.12. The molecular weight excluding hydrogens is 524 g/mol. The zero-order valence-electron chi connectivity index (χ0n) is 21.7. The molecule has 0 bridgehead atoms.